The average Bonchev–Trinajstić information content (AvgIpc) is 2.13. The second-order valence-electron chi connectivity index (χ2n) is 4.40. The molecule has 1 fully saturated rings. The second kappa shape index (κ2) is 5.41. The smallest absolute Gasteiger partial charge is 0.135 e. The highest BCUT2D eigenvalue weighted by Crippen LogP contribution is 2.30. The van der Waals surface area contributed by atoms with Crippen molar-refractivity contribution in [1.82, 2.24) is 0 Å². The quantitative estimate of drug-likeness (QED) is 0.607. The van der Waals surface area contributed by atoms with Crippen LogP contribution < -0.4 is 0 Å². The lowest BCUT2D eigenvalue weighted by Gasteiger charge is -2.27. The maximum atomic E-state index is 11.4. The molecule has 1 saturated carbocycles. The van der Waals surface area contributed by atoms with Crippen LogP contribution in [0.5, 0.6) is 0 Å². The second-order valence-corrected chi connectivity index (χ2v) is 4.40. The Hall–Kier alpha value is -0.330. The summed E-state index contributed by atoms with van der Waals surface area (Å²) in [5.74, 6) is 1.56. The summed E-state index contributed by atoms with van der Waals surface area (Å²) < 4.78 is 0. The number of Topliss-reactive ketones (excluding diaryl/α,β-unsaturated/α-hetero) is 1. The van der Waals surface area contributed by atoms with Gasteiger partial charge in [-0.3, -0.25) is 4.79 Å². The minimum atomic E-state index is 0.352. The standard InChI is InChI=1S/C12H22O/c1-3-4-5-7-11-8-6-9-12(13)10(11)2/h10-11H,3-9H2,1-2H3. The van der Waals surface area contributed by atoms with Crippen molar-refractivity contribution in [2.24, 2.45) is 11.8 Å². The maximum Gasteiger partial charge on any atom is 0.135 e. The molecule has 2 unspecified atom stereocenters. The molecular weight excluding hydrogens is 160 g/mol. The van der Waals surface area contributed by atoms with Crippen molar-refractivity contribution in [3.05, 3.63) is 0 Å². The fourth-order valence-corrected chi connectivity index (χ4v) is 2.33. The fraction of sp³-hybridized carbons (Fsp3) is 0.917. The van der Waals surface area contributed by atoms with Crippen molar-refractivity contribution in [3.8, 4) is 0 Å². The molecule has 0 bridgehead atoms. The van der Waals surface area contributed by atoms with Crippen molar-refractivity contribution in [3.63, 3.8) is 0 Å². The molecule has 0 aromatic heterocycles. The lowest BCUT2D eigenvalue weighted by molar-refractivity contribution is -0.126. The molecule has 0 N–H and O–H groups in total. The van der Waals surface area contributed by atoms with E-state index in [0.29, 0.717) is 17.6 Å². The third kappa shape index (κ3) is 3.13. The Kier molecular flexibility index (Phi) is 4.47. The summed E-state index contributed by atoms with van der Waals surface area (Å²) in [5.41, 5.74) is 0. The van der Waals surface area contributed by atoms with E-state index >= 15 is 0 Å². The molecule has 1 heteroatoms. The molecule has 0 heterocycles. The van der Waals surface area contributed by atoms with Gasteiger partial charge >= 0.3 is 0 Å². The number of rotatable bonds is 4. The SMILES string of the molecule is CCCCCC1CCCC(=O)C1C. The van der Waals surface area contributed by atoms with Gasteiger partial charge in [0, 0.05) is 12.3 Å². The van der Waals surface area contributed by atoms with Crippen LogP contribution in [0.15, 0.2) is 0 Å². The Morgan fingerprint density at radius 2 is 2.15 bits per heavy atom. The number of ketones is 1. The van der Waals surface area contributed by atoms with Gasteiger partial charge in [-0.2, -0.15) is 0 Å². The molecule has 13 heavy (non-hydrogen) atoms. The normalized spacial score (nSPS) is 29.2. The highest BCUT2D eigenvalue weighted by atomic mass is 16.1. The van der Waals surface area contributed by atoms with Gasteiger partial charge in [0.2, 0.25) is 0 Å². The van der Waals surface area contributed by atoms with Gasteiger partial charge in [0.25, 0.3) is 0 Å². The molecule has 1 rings (SSSR count). The van der Waals surface area contributed by atoms with Crippen LogP contribution in [0.4, 0.5) is 0 Å². The molecule has 0 spiro atoms. The Bertz CT molecular complexity index is 163. The van der Waals surface area contributed by atoms with E-state index in [4.69, 9.17) is 0 Å². The zero-order chi connectivity index (χ0) is 9.68. The molecule has 0 saturated heterocycles. The van der Waals surface area contributed by atoms with Crippen LogP contribution in [0.2, 0.25) is 0 Å². The van der Waals surface area contributed by atoms with Gasteiger partial charge < -0.3 is 0 Å². The van der Waals surface area contributed by atoms with Gasteiger partial charge in [0.05, 0.1) is 0 Å². The largest absolute Gasteiger partial charge is 0.299 e. The molecule has 0 aliphatic heterocycles. The van der Waals surface area contributed by atoms with Crippen molar-refractivity contribution >= 4 is 5.78 Å². The average molecular weight is 182 g/mol. The molecular formula is C12H22O. The summed E-state index contributed by atoms with van der Waals surface area (Å²) in [6.45, 7) is 4.35. The third-order valence-electron chi connectivity index (χ3n) is 3.39. The molecule has 0 aromatic carbocycles. The first-order valence-electron chi connectivity index (χ1n) is 5.78. The van der Waals surface area contributed by atoms with E-state index in [2.05, 4.69) is 13.8 Å². The van der Waals surface area contributed by atoms with Crippen molar-refractivity contribution < 1.29 is 4.79 Å². The van der Waals surface area contributed by atoms with E-state index in [1.165, 1.54) is 32.1 Å². The topological polar surface area (TPSA) is 17.1 Å². The van der Waals surface area contributed by atoms with Gasteiger partial charge in [0.15, 0.2) is 0 Å². The minimum Gasteiger partial charge on any atom is -0.299 e. The molecule has 1 nitrogen and oxygen atoms in total. The van der Waals surface area contributed by atoms with Gasteiger partial charge in [0.1, 0.15) is 5.78 Å². The zero-order valence-corrected chi connectivity index (χ0v) is 9.01. The van der Waals surface area contributed by atoms with Crippen LogP contribution in [-0.2, 0) is 4.79 Å². The minimum absolute atomic E-state index is 0.352. The highest BCUT2D eigenvalue weighted by molar-refractivity contribution is 5.81. The van der Waals surface area contributed by atoms with E-state index in [1.807, 2.05) is 0 Å². The van der Waals surface area contributed by atoms with Crippen LogP contribution in [-0.4, -0.2) is 5.78 Å². The molecule has 2 atom stereocenters. The Morgan fingerprint density at radius 3 is 2.85 bits per heavy atom. The van der Waals surface area contributed by atoms with Crippen LogP contribution in [0.3, 0.4) is 0 Å². The van der Waals surface area contributed by atoms with E-state index in [1.54, 1.807) is 0 Å². The number of carbonyl (C=O) groups excluding carboxylic acids is 1. The molecule has 1 aliphatic carbocycles. The summed E-state index contributed by atoms with van der Waals surface area (Å²) in [6.07, 6.45) is 8.48. The van der Waals surface area contributed by atoms with Gasteiger partial charge in [-0.05, 0) is 25.2 Å². The number of unbranched alkanes of at least 4 members (excludes halogenated alkanes) is 2. The van der Waals surface area contributed by atoms with Gasteiger partial charge in [-0.25, -0.2) is 0 Å². The predicted octanol–water partition coefficient (Wildman–Crippen LogP) is 3.57. The first kappa shape index (κ1) is 10.7. The summed E-state index contributed by atoms with van der Waals surface area (Å²) in [5, 5.41) is 0. The van der Waals surface area contributed by atoms with Crippen LogP contribution in [0.1, 0.15) is 58.8 Å². The van der Waals surface area contributed by atoms with Crippen LogP contribution in [0.25, 0.3) is 0 Å². The molecule has 0 amide bonds. The molecule has 1 aliphatic rings. The Labute approximate surface area is 81.9 Å². The summed E-state index contributed by atoms with van der Waals surface area (Å²) in [4.78, 5) is 11.4. The highest BCUT2D eigenvalue weighted by Gasteiger charge is 2.26. The molecule has 76 valence electrons. The maximum absolute atomic E-state index is 11.4. The number of hydrogen-bond donors (Lipinski definition) is 0. The van der Waals surface area contributed by atoms with Crippen molar-refractivity contribution in [2.75, 3.05) is 0 Å². The van der Waals surface area contributed by atoms with E-state index < -0.39 is 0 Å². The predicted molar refractivity (Wildman–Crippen MR) is 55.7 cm³/mol. The first-order chi connectivity index (χ1) is 6.25. The first-order valence-corrected chi connectivity index (χ1v) is 5.78. The van der Waals surface area contributed by atoms with Crippen molar-refractivity contribution in [1.29, 1.82) is 0 Å². The zero-order valence-electron chi connectivity index (χ0n) is 9.01. The Morgan fingerprint density at radius 1 is 1.38 bits per heavy atom. The molecule has 0 aromatic rings. The number of hydrogen-bond acceptors (Lipinski definition) is 1. The summed E-state index contributed by atoms with van der Waals surface area (Å²) in [7, 11) is 0. The Balaban J connectivity index is 2.27. The van der Waals surface area contributed by atoms with Gasteiger partial charge in [-0.1, -0.05) is 33.1 Å². The van der Waals surface area contributed by atoms with Crippen LogP contribution >= 0.6 is 0 Å². The molecule has 0 radical (unpaired) electrons. The third-order valence-corrected chi connectivity index (χ3v) is 3.39. The summed E-state index contributed by atoms with van der Waals surface area (Å²) in [6, 6.07) is 0. The monoisotopic (exact) mass is 182 g/mol. The fourth-order valence-electron chi connectivity index (χ4n) is 2.33. The van der Waals surface area contributed by atoms with E-state index in [-0.39, 0.29) is 0 Å². The van der Waals surface area contributed by atoms with Crippen molar-refractivity contribution in [2.45, 2.75) is 58.8 Å². The number of carbonyl (C=O) groups is 1. The van der Waals surface area contributed by atoms with E-state index in [0.717, 1.165) is 12.8 Å². The summed E-state index contributed by atoms with van der Waals surface area (Å²) >= 11 is 0. The lowest BCUT2D eigenvalue weighted by atomic mass is 9.77. The van der Waals surface area contributed by atoms with E-state index in [9.17, 15) is 4.79 Å². The van der Waals surface area contributed by atoms with Gasteiger partial charge in [-0.15, -0.1) is 0 Å². The van der Waals surface area contributed by atoms with Crippen LogP contribution in [0, 0.1) is 11.8 Å². The lowest BCUT2D eigenvalue weighted by Crippen LogP contribution is -2.25.